The molecule has 2 heterocycles. The van der Waals surface area contributed by atoms with Crippen molar-refractivity contribution in [2.24, 2.45) is 10.7 Å². The number of furan rings is 1. The molecule has 1 aliphatic heterocycles. The van der Waals surface area contributed by atoms with Crippen molar-refractivity contribution in [3.05, 3.63) is 59.3 Å². The Morgan fingerprint density at radius 2 is 2.00 bits per heavy atom. The van der Waals surface area contributed by atoms with E-state index in [1.807, 2.05) is 6.92 Å². The highest BCUT2D eigenvalue weighted by Crippen LogP contribution is 2.25. The summed E-state index contributed by atoms with van der Waals surface area (Å²) in [5.41, 5.74) is 6.12. The van der Waals surface area contributed by atoms with Crippen molar-refractivity contribution in [3.8, 4) is 0 Å². The number of carbonyl (C=O) groups excluding carboxylic acids is 1. The standard InChI is InChI=1S/C19H23FN4O3.HI/c1-12-10-24(11-17(26-12)13-3-5-14(20)6-4-13)19(22-2)23-9-15-7-8-16(27-15)18(21)25;/h3-8,12,17H,9-11H2,1-2H3,(H2,21,25)(H,22,23);1H. The van der Waals surface area contributed by atoms with Crippen molar-refractivity contribution in [3.63, 3.8) is 0 Å². The number of guanidine groups is 1. The van der Waals surface area contributed by atoms with Crippen molar-refractivity contribution in [1.82, 2.24) is 10.2 Å². The number of hydrogen-bond donors (Lipinski definition) is 2. The third-order valence-electron chi connectivity index (χ3n) is 4.34. The van der Waals surface area contributed by atoms with Crippen LogP contribution < -0.4 is 11.1 Å². The minimum Gasteiger partial charge on any atom is -0.454 e. The number of nitrogens with two attached hydrogens (primary N) is 1. The van der Waals surface area contributed by atoms with Crippen molar-refractivity contribution >= 4 is 35.8 Å². The van der Waals surface area contributed by atoms with Crippen LogP contribution in [-0.4, -0.2) is 43.0 Å². The fourth-order valence-electron chi connectivity index (χ4n) is 3.09. The summed E-state index contributed by atoms with van der Waals surface area (Å²) in [5, 5.41) is 3.22. The van der Waals surface area contributed by atoms with E-state index in [0.29, 0.717) is 31.4 Å². The number of halogens is 2. The molecule has 0 radical (unpaired) electrons. The predicted molar refractivity (Wildman–Crippen MR) is 114 cm³/mol. The van der Waals surface area contributed by atoms with Crippen LogP contribution in [0.5, 0.6) is 0 Å². The van der Waals surface area contributed by atoms with Gasteiger partial charge in [0.25, 0.3) is 5.91 Å². The summed E-state index contributed by atoms with van der Waals surface area (Å²) in [6.45, 7) is 3.61. The second-order valence-electron chi connectivity index (χ2n) is 6.42. The SMILES string of the molecule is CN=C(NCc1ccc(C(N)=O)o1)N1CC(C)OC(c2ccc(F)cc2)C1.I. The van der Waals surface area contributed by atoms with E-state index in [1.165, 1.54) is 12.1 Å². The van der Waals surface area contributed by atoms with Gasteiger partial charge in [0.1, 0.15) is 17.7 Å². The maximum Gasteiger partial charge on any atom is 0.284 e. The fraction of sp³-hybridized carbons (Fsp3) is 0.368. The minimum absolute atomic E-state index is 0. The number of nitrogens with zero attached hydrogens (tertiary/aromatic N) is 2. The number of carbonyl (C=O) groups is 1. The van der Waals surface area contributed by atoms with E-state index in [0.717, 1.165) is 5.56 Å². The number of rotatable bonds is 4. The number of morpholine rings is 1. The first-order valence-electron chi connectivity index (χ1n) is 8.71. The number of benzene rings is 1. The Morgan fingerprint density at radius 3 is 2.61 bits per heavy atom. The molecule has 3 N–H and O–H groups in total. The second-order valence-corrected chi connectivity index (χ2v) is 6.42. The molecule has 1 aliphatic rings. The highest BCUT2D eigenvalue weighted by molar-refractivity contribution is 14.0. The smallest absolute Gasteiger partial charge is 0.284 e. The van der Waals surface area contributed by atoms with Gasteiger partial charge in [-0.2, -0.15) is 0 Å². The molecular formula is C19H24FIN4O3. The van der Waals surface area contributed by atoms with Gasteiger partial charge in [-0.1, -0.05) is 12.1 Å². The molecule has 1 aromatic heterocycles. The first-order chi connectivity index (χ1) is 13.0. The van der Waals surface area contributed by atoms with Gasteiger partial charge in [0.05, 0.1) is 19.2 Å². The average molecular weight is 502 g/mol. The zero-order chi connectivity index (χ0) is 19.4. The molecule has 0 bridgehead atoms. The summed E-state index contributed by atoms with van der Waals surface area (Å²) in [5.74, 6) is 0.522. The predicted octanol–water partition coefficient (Wildman–Crippen LogP) is 2.67. The number of hydrogen-bond acceptors (Lipinski definition) is 4. The number of nitrogens with one attached hydrogen (secondary N) is 1. The van der Waals surface area contributed by atoms with Gasteiger partial charge in [-0.05, 0) is 36.8 Å². The minimum atomic E-state index is -0.602. The van der Waals surface area contributed by atoms with Crippen LogP contribution in [-0.2, 0) is 11.3 Å². The molecule has 28 heavy (non-hydrogen) atoms. The van der Waals surface area contributed by atoms with Crippen molar-refractivity contribution < 1.29 is 18.3 Å². The summed E-state index contributed by atoms with van der Waals surface area (Å²) >= 11 is 0. The molecule has 2 atom stereocenters. The Labute approximate surface area is 180 Å². The van der Waals surface area contributed by atoms with Gasteiger partial charge in [-0.25, -0.2) is 4.39 Å². The van der Waals surface area contributed by atoms with Gasteiger partial charge in [0, 0.05) is 13.6 Å². The average Bonchev–Trinajstić information content (AvgIpc) is 3.12. The summed E-state index contributed by atoms with van der Waals surface area (Å²) in [6.07, 6.45) is -0.199. The molecule has 2 unspecified atom stereocenters. The van der Waals surface area contributed by atoms with E-state index in [-0.39, 0.29) is 47.8 Å². The molecule has 1 fully saturated rings. The van der Waals surface area contributed by atoms with Crippen LogP contribution in [0.3, 0.4) is 0 Å². The quantitative estimate of drug-likeness (QED) is 0.381. The lowest BCUT2D eigenvalue weighted by Gasteiger charge is -2.38. The van der Waals surface area contributed by atoms with Crippen molar-refractivity contribution in [2.75, 3.05) is 20.1 Å². The molecule has 0 saturated carbocycles. The van der Waals surface area contributed by atoms with Gasteiger partial charge >= 0.3 is 0 Å². The third-order valence-corrected chi connectivity index (χ3v) is 4.34. The molecule has 7 nitrogen and oxygen atoms in total. The molecular weight excluding hydrogens is 478 g/mol. The molecule has 2 aromatic rings. The topological polar surface area (TPSA) is 93.1 Å². The monoisotopic (exact) mass is 502 g/mol. The Hall–Kier alpha value is -2.14. The van der Waals surface area contributed by atoms with Crippen LogP contribution in [0.1, 0.15) is 34.9 Å². The maximum atomic E-state index is 13.2. The first-order valence-corrected chi connectivity index (χ1v) is 8.71. The summed E-state index contributed by atoms with van der Waals surface area (Å²) in [4.78, 5) is 17.5. The Kier molecular flexibility index (Phi) is 7.81. The summed E-state index contributed by atoms with van der Waals surface area (Å²) < 4.78 is 24.6. The van der Waals surface area contributed by atoms with Gasteiger partial charge in [-0.3, -0.25) is 9.79 Å². The summed E-state index contributed by atoms with van der Waals surface area (Å²) in [7, 11) is 1.70. The van der Waals surface area contributed by atoms with Gasteiger partial charge in [-0.15, -0.1) is 24.0 Å². The number of primary amides is 1. The van der Waals surface area contributed by atoms with E-state index in [2.05, 4.69) is 15.2 Å². The van der Waals surface area contributed by atoms with E-state index < -0.39 is 5.91 Å². The number of ether oxygens (including phenoxy) is 1. The Balaban J connectivity index is 0.00000280. The third kappa shape index (κ3) is 5.44. The van der Waals surface area contributed by atoms with E-state index in [1.54, 1.807) is 31.3 Å². The van der Waals surface area contributed by atoms with E-state index in [9.17, 15) is 9.18 Å². The van der Waals surface area contributed by atoms with Crippen LogP contribution in [0, 0.1) is 5.82 Å². The largest absolute Gasteiger partial charge is 0.454 e. The van der Waals surface area contributed by atoms with Crippen LogP contribution in [0.2, 0.25) is 0 Å². The van der Waals surface area contributed by atoms with Gasteiger partial charge < -0.3 is 25.1 Å². The zero-order valence-electron chi connectivity index (χ0n) is 15.7. The van der Waals surface area contributed by atoms with Gasteiger partial charge in [0.15, 0.2) is 11.7 Å². The molecule has 0 aliphatic carbocycles. The van der Waals surface area contributed by atoms with Crippen LogP contribution in [0.25, 0.3) is 0 Å². The Morgan fingerprint density at radius 1 is 1.29 bits per heavy atom. The lowest BCUT2D eigenvalue weighted by molar-refractivity contribution is -0.0605. The molecule has 9 heteroatoms. The highest BCUT2D eigenvalue weighted by atomic mass is 127. The van der Waals surface area contributed by atoms with Crippen molar-refractivity contribution in [1.29, 1.82) is 0 Å². The molecule has 1 aromatic carbocycles. The van der Waals surface area contributed by atoms with Crippen LogP contribution in [0.4, 0.5) is 4.39 Å². The highest BCUT2D eigenvalue weighted by Gasteiger charge is 2.28. The molecule has 152 valence electrons. The molecule has 0 spiro atoms. The van der Waals surface area contributed by atoms with E-state index in [4.69, 9.17) is 14.9 Å². The van der Waals surface area contributed by atoms with Crippen LogP contribution >= 0.6 is 24.0 Å². The number of aliphatic imine (C=N–C) groups is 1. The van der Waals surface area contributed by atoms with E-state index >= 15 is 0 Å². The van der Waals surface area contributed by atoms with Crippen LogP contribution in [0.15, 0.2) is 45.8 Å². The second kappa shape index (κ2) is 9.87. The maximum absolute atomic E-state index is 13.2. The Bertz CT molecular complexity index is 825. The first kappa shape index (κ1) is 22.2. The molecule has 1 saturated heterocycles. The molecule has 3 rings (SSSR count). The molecule has 1 amide bonds. The fourth-order valence-corrected chi connectivity index (χ4v) is 3.09. The van der Waals surface area contributed by atoms with Crippen molar-refractivity contribution in [2.45, 2.75) is 25.7 Å². The zero-order valence-corrected chi connectivity index (χ0v) is 18.1. The summed E-state index contributed by atoms with van der Waals surface area (Å²) in [6, 6.07) is 9.58. The van der Waals surface area contributed by atoms with Gasteiger partial charge in [0.2, 0.25) is 0 Å². The lowest BCUT2D eigenvalue weighted by atomic mass is 10.1. The number of amides is 1. The normalized spacial score (nSPS) is 19.8. The lowest BCUT2D eigenvalue weighted by Crippen LogP contribution is -2.50.